The summed E-state index contributed by atoms with van der Waals surface area (Å²) in [5.41, 5.74) is 7.02. The Bertz CT molecular complexity index is 438. The molecule has 0 aliphatic heterocycles. The first kappa shape index (κ1) is 12.8. The van der Waals surface area contributed by atoms with Gasteiger partial charge in [0.05, 0.1) is 0 Å². The van der Waals surface area contributed by atoms with Gasteiger partial charge in [-0.15, -0.1) is 0 Å². The van der Waals surface area contributed by atoms with E-state index in [0.717, 1.165) is 10.6 Å². The molecule has 0 aliphatic carbocycles. The third-order valence-electron chi connectivity index (χ3n) is 1.93. The predicted octanol–water partition coefficient (Wildman–Crippen LogP) is 1.22. The average Bonchev–Trinajstić information content (AvgIpc) is 2.27. The van der Waals surface area contributed by atoms with Crippen LogP contribution in [0, 0.1) is 0 Å². The van der Waals surface area contributed by atoms with Crippen LogP contribution in [0.1, 0.15) is 12.5 Å². The van der Waals surface area contributed by atoms with Crippen LogP contribution in [0.3, 0.4) is 0 Å². The van der Waals surface area contributed by atoms with Gasteiger partial charge in [0.2, 0.25) is 0 Å². The van der Waals surface area contributed by atoms with E-state index in [4.69, 9.17) is 5.73 Å². The number of nitrogen functional groups attached to an aromatic ring is 1. The molecule has 0 fully saturated rings. The Kier molecular flexibility index (Phi) is 4.28. The quantitative estimate of drug-likeness (QED) is 0.474. The fourth-order valence-electron chi connectivity index (χ4n) is 1.12. The molecule has 0 heterocycles. The topological polar surface area (TPSA) is 72.6 Å². The van der Waals surface area contributed by atoms with Crippen LogP contribution in [0.25, 0.3) is 6.08 Å². The van der Waals surface area contributed by atoms with Crippen molar-refractivity contribution < 1.29 is 14.4 Å². The number of carbonyl (C=O) groups excluding carboxylic acids is 2. The molecule has 0 aliphatic rings. The molecule has 5 heteroatoms. The van der Waals surface area contributed by atoms with E-state index >= 15 is 0 Å². The molecule has 1 aromatic rings. The molecule has 2 N–H and O–H groups in total. The number of likely N-dealkylation sites (N-methyl/N-ethyl adjacent to an activating group) is 1. The number of amides is 1. The van der Waals surface area contributed by atoms with Crippen LogP contribution in [0.5, 0.6) is 0 Å². The molecule has 0 atom stereocenters. The first-order chi connectivity index (χ1) is 7.99. The fourth-order valence-corrected chi connectivity index (χ4v) is 1.12. The number of rotatable bonds is 2. The highest BCUT2D eigenvalue weighted by Gasteiger charge is 2.07. The number of benzene rings is 1. The number of hydrogen-bond acceptors (Lipinski definition) is 4. The Hall–Kier alpha value is -2.30. The maximum absolute atomic E-state index is 11.5. The number of nitrogens with two attached hydrogens (primary N) is 1. The molecule has 90 valence electrons. The van der Waals surface area contributed by atoms with E-state index in [1.165, 1.54) is 20.0 Å². The van der Waals surface area contributed by atoms with Gasteiger partial charge in [0.1, 0.15) is 0 Å². The van der Waals surface area contributed by atoms with Gasteiger partial charge in [0.15, 0.2) is 0 Å². The lowest BCUT2D eigenvalue weighted by atomic mass is 10.2. The summed E-state index contributed by atoms with van der Waals surface area (Å²) in [5, 5.41) is 0.871. The second-order valence-corrected chi connectivity index (χ2v) is 3.42. The summed E-state index contributed by atoms with van der Waals surface area (Å²) in [5.74, 6) is -0.959. The van der Waals surface area contributed by atoms with Crippen LogP contribution in [0.15, 0.2) is 30.3 Å². The van der Waals surface area contributed by atoms with Gasteiger partial charge in [-0.1, -0.05) is 12.1 Å². The van der Waals surface area contributed by atoms with Crippen molar-refractivity contribution in [3.8, 4) is 0 Å². The maximum Gasteiger partial charge on any atom is 0.329 e. The van der Waals surface area contributed by atoms with Crippen molar-refractivity contribution in [2.24, 2.45) is 0 Å². The number of hydrogen-bond donors (Lipinski definition) is 1. The highest BCUT2D eigenvalue weighted by molar-refractivity contribution is 5.91. The van der Waals surface area contributed by atoms with Crippen molar-refractivity contribution in [1.82, 2.24) is 5.06 Å². The van der Waals surface area contributed by atoms with E-state index in [2.05, 4.69) is 4.84 Å². The summed E-state index contributed by atoms with van der Waals surface area (Å²) in [6.07, 6.45) is 2.93. The van der Waals surface area contributed by atoms with Crippen LogP contribution in [0.4, 0.5) is 5.69 Å². The second kappa shape index (κ2) is 5.69. The first-order valence-corrected chi connectivity index (χ1v) is 4.99. The minimum atomic E-state index is -0.540. The molecule has 1 aromatic carbocycles. The standard InChI is InChI=1S/C12H14N2O3/c1-9(15)17-14(2)12(16)8-5-10-3-6-11(13)7-4-10/h3-8H,13H2,1-2H3. The number of nitrogens with zero attached hydrogens (tertiary/aromatic N) is 1. The van der Waals surface area contributed by atoms with E-state index in [9.17, 15) is 9.59 Å². The van der Waals surface area contributed by atoms with Gasteiger partial charge in [-0.2, -0.15) is 5.06 Å². The molecule has 0 spiro atoms. The molecule has 17 heavy (non-hydrogen) atoms. The van der Waals surface area contributed by atoms with E-state index in [1.54, 1.807) is 30.3 Å². The Morgan fingerprint density at radius 2 is 1.88 bits per heavy atom. The number of hydroxylamine groups is 2. The van der Waals surface area contributed by atoms with Crippen molar-refractivity contribution in [1.29, 1.82) is 0 Å². The Morgan fingerprint density at radius 1 is 1.29 bits per heavy atom. The molecule has 0 bridgehead atoms. The normalized spacial score (nSPS) is 10.2. The van der Waals surface area contributed by atoms with Gasteiger partial charge in [0.25, 0.3) is 5.91 Å². The smallest absolute Gasteiger partial charge is 0.329 e. The molecular weight excluding hydrogens is 220 g/mol. The summed E-state index contributed by atoms with van der Waals surface area (Å²) in [4.78, 5) is 26.7. The van der Waals surface area contributed by atoms with E-state index in [0.29, 0.717) is 5.69 Å². The van der Waals surface area contributed by atoms with Gasteiger partial charge in [-0.25, -0.2) is 0 Å². The van der Waals surface area contributed by atoms with Crippen molar-refractivity contribution >= 4 is 23.6 Å². The Balaban J connectivity index is 2.61. The monoisotopic (exact) mass is 234 g/mol. The summed E-state index contributed by atoms with van der Waals surface area (Å²) in [7, 11) is 1.37. The molecule has 1 rings (SSSR count). The van der Waals surface area contributed by atoms with Crippen molar-refractivity contribution in [2.75, 3.05) is 12.8 Å². The zero-order valence-corrected chi connectivity index (χ0v) is 9.71. The minimum Gasteiger partial charge on any atom is -0.399 e. The highest BCUT2D eigenvalue weighted by atomic mass is 16.7. The van der Waals surface area contributed by atoms with Gasteiger partial charge in [-0.05, 0) is 23.8 Å². The molecular formula is C12H14N2O3. The Morgan fingerprint density at radius 3 is 2.41 bits per heavy atom. The highest BCUT2D eigenvalue weighted by Crippen LogP contribution is 2.07. The zero-order chi connectivity index (χ0) is 12.8. The summed E-state index contributed by atoms with van der Waals surface area (Å²) in [6, 6.07) is 7.04. The Labute approximate surface area is 99.4 Å². The fraction of sp³-hybridized carbons (Fsp3) is 0.167. The molecule has 0 aromatic heterocycles. The van der Waals surface area contributed by atoms with Crippen LogP contribution in [0.2, 0.25) is 0 Å². The molecule has 0 radical (unpaired) electrons. The van der Waals surface area contributed by atoms with Gasteiger partial charge < -0.3 is 10.6 Å². The number of carbonyl (C=O) groups is 2. The second-order valence-electron chi connectivity index (χ2n) is 3.42. The summed E-state index contributed by atoms with van der Waals surface area (Å²) >= 11 is 0. The third-order valence-corrected chi connectivity index (χ3v) is 1.93. The van der Waals surface area contributed by atoms with E-state index in [1.807, 2.05) is 0 Å². The lowest BCUT2D eigenvalue weighted by Crippen LogP contribution is -2.27. The van der Waals surface area contributed by atoms with Crippen LogP contribution in [-0.4, -0.2) is 24.0 Å². The molecule has 5 nitrogen and oxygen atoms in total. The van der Waals surface area contributed by atoms with Gasteiger partial charge in [0, 0.05) is 25.7 Å². The molecule has 0 saturated carbocycles. The molecule has 0 saturated heterocycles. The SMILES string of the molecule is CC(=O)ON(C)C(=O)C=Cc1ccc(N)cc1. The summed E-state index contributed by atoms with van der Waals surface area (Å²) < 4.78 is 0. The maximum atomic E-state index is 11.5. The van der Waals surface area contributed by atoms with Crippen molar-refractivity contribution in [3.05, 3.63) is 35.9 Å². The zero-order valence-electron chi connectivity index (χ0n) is 9.71. The van der Waals surface area contributed by atoms with Crippen LogP contribution < -0.4 is 5.73 Å². The first-order valence-electron chi connectivity index (χ1n) is 4.99. The van der Waals surface area contributed by atoms with Crippen LogP contribution >= 0.6 is 0 Å². The largest absolute Gasteiger partial charge is 0.399 e. The van der Waals surface area contributed by atoms with Gasteiger partial charge >= 0.3 is 5.97 Å². The van der Waals surface area contributed by atoms with E-state index in [-0.39, 0.29) is 0 Å². The van der Waals surface area contributed by atoms with Crippen LogP contribution in [-0.2, 0) is 14.4 Å². The molecule has 0 unspecified atom stereocenters. The van der Waals surface area contributed by atoms with E-state index < -0.39 is 11.9 Å². The lowest BCUT2D eigenvalue weighted by Gasteiger charge is -2.12. The van der Waals surface area contributed by atoms with Gasteiger partial charge in [-0.3, -0.25) is 9.59 Å². The minimum absolute atomic E-state index is 0.419. The third kappa shape index (κ3) is 4.38. The molecule has 1 amide bonds. The van der Waals surface area contributed by atoms with Crippen molar-refractivity contribution in [2.45, 2.75) is 6.92 Å². The van der Waals surface area contributed by atoms with Crippen molar-refractivity contribution in [3.63, 3.8) is 0 Å². The summed E-state index contributed by atoms with van der Waals surface area (Å²) in [6.45, 7) is 1.23. The lowest BCUT2D eigenvalue weighted by molar-refractivity contribution is -0.187. The number of anilines is 1. The average molecular weight is 234 g/mol. The predicted molar refractivity (Wildman–Crippen MR) is 64.4 cm³/mol.